The van der Waals surface area contributed by atoms with Crippen LogP contribution in [0.15, 0.2) is 11.6 Å². The average Bonchev–Trinajstić information content (AvgIpc) is 2.28. The van der Waals surface area contributed by atoms with Crippen molar-refractivity contribution in [3.05, 3.63) is 11.6 Å². The molecule has 18 heavy (non-hydrogen) atoms. The van der Waals surface area contributed by atoms with E-state index in [1.54, 1.807) is 6.08 Å². The SMILES string of the molecule is C/C(=C\C#N)C(I)OC1CC(C)CCC1C(C)C. The van der Waals surface area contributed by atoms with Crippen molar-refractivity contribution in [2.24, 2.45) is 17.8 Å². The van der Waals surface area contributed by atoms with Crippen LogP contribution in [0.1, 0.15) is 47.0 Å². The Kier molecular flexibility index (Phi) is 6.65. The van der Waals surface area contributed by atoms with Crippen molar-refractivity contribution in [3.8, 4) is 6.07 Å². The zero-order valence-electron chi connectivity index (χ0n) is 11.8. The summed E-state index contributed by atoms with van der Waals surface area (Å²) in [5.41, 5.74) is 1.01. The van der Waals surface area contributed by atoms with Gasteiger partial charge in [-0.05, 0) is 65.7 Å². The number of ether oxygens (including phenoxy) is 1. The van der Waals surface area contributed by atoms with Crippen molar-refractivity contribution in [1.82, 2.24) is 0 Å². The molecule has 102 valence electrons. The Labute approximate surface area is 125 Å². The molecule has 0 aromatic carbocycles. The largest absolute Gasteiger partial charge is 0.360 e. The number of halogens is 1. The zero-order valence-corrected chi connectivity index (χ0v) is 14.0. The van der Waals surface area contributed by atoms with Gasteiger partial charge in [-0.3, -0.25) is 0 Å². The Morgan fingerprint density at radius 3 is 2.67 bits per heavy atom. The molecular weight excluding hydrogens is 337 g/mol. The standard InChI is InChI=1S/C15H24INO/c1-10(2)13-6-5-11(3)9-14(13)18-15(16)12(4)7-8-17/h7,10-11,13-15H,5-6,9H2,1-4H3/b12-7+. The summed E-state index contributed by atoms with van der Waals surface area (Å²) in [6.07, 6.45) is 5.68. The fraction of sp³-hybridized carbons (Fsp3) is 0.800. The zero-order chi connectivity index (χ0) is 13.7. The predicted octanol–water partition coefficient (Wildman–Crippen LogP) is 4.69. The van der Waals surface area contributed by atoms with Gasteiger partial charge in [0.15, 0.2) is 0 Å². The Morgan fingerprint density at radius 2 is 2.11 bits per heavy atom. The van der Waals surface area contributed by atoms with Gasteiger partial charge in [0.05, 0.1) is 12.2 Å². The van der Waals surface area contributed by atoms with Crippen LogP contribution in [0.5, 0.6) is 0 Å². The van der Waals surface area contributed by atoms with Crippen LogP contribution in [-0.2, 0) is 4.74 Å². The van der Waals surface area contributed by atoms with Gasteiger partial charge in [-0.15, -0.1) is 0 Å². The van der Waals surface area contributed by atoms with Gasteiger partial charge in [0.1, 0.15) is 4.11 Å². The van der Waals surface area contributed by atoms with E-state index in [1.165, 1.54) is 12.8 Å². The summed E-state index contributed by atoms with van der Waals surface area (Å²) in [5.74, 6) is 2.09. The van der Waals surface area contributed by atoms with Crippen molar-refractivity contribution < 1.29 is 4.74 Å². The molecule has 1 rings (SSSR count). The van der Waals surface area contributed by atoms with Crippen molar-refractivity contribution in [1.29, 1.82) is 5.26 Å². The smallest absolute Gasteiger partial charge is 0.130 e. The first-order valence-electron chi connectivity index (χ1n) is 6.81. The van der Waals surface area contributed by atoms with E-state index in [2.05, 4.69) is 49.4 Å². The maximum absolute atomic E-state index is 8.69. The van der Waals surface area contributed by atoms with Gasteiger partial charge in [0.25, 0.3) is 0 Å². The first kappa shape index (κ1) is 16.0. The summed E-state index contributed by atoms with van der Waals surface area (Å²) in [4.78, 5) is 0. The number of hydrogen-bond acceptors (Lipinski definition) is 2. The van der Waals surface area contributed by atoms with Crippen molar-refractivity contribution in [3.63, 3.8) is 0 Å². The molecule has 0 bridgehead atoms. The maximum atomic E-state index is 8.69. The minimum atomic E-state index is 0.0267. The van der Waals surface area contributed by atoms with Crippen LogP contribution in [0.4, 0.5) is 0 Å². The molecule has 0 heterocycles. The summed E-state index contributed by atoms with van der Waals surface area (Å²) in [5, 5.41) is 8.69. The number of nitriles is 1. The summed E-state index contributed by atoms with van der Waals surface area (Å²) in [7, 11) is 0. The lowest BCUT2D eigenvalue weighted by Crippen LogP contribution is -2.36. The predicted molar refractivity (Wildman–Crippen MR) is 83.4 cm³/mol. The van der Waals surface area contributed by atoms with E-state index in [1.807, 2.05) is 6.92 Å². The molecule has 0 aromatic rings. The minimum absolute atomic E-state index is 0.0267. The summed E-state index contributed by atoms with van der Waals surface area (Å²) >= 11 is 2.29. The Morgan fingerprint density at radius 1 is 1.44 bits per heavy atom. The van der Waals surface area contributed by atoms with Gasteiger partial charge >= 0.3 is 0 Å². The molecule has 0 N–H and O–H groups in total. The van der Waals surface area contributed by atoms with Crippen LogP contribution in [0.3, 0.4) is 0 Å². The summed E-state index contributed by atoms with van der Waals surface area (Å²) < 4.78 is 6.24. The molecule has 0 amide bonds. The Balaban J connectivity index is 2.66. The van der Waals surface area contributed by atoms with E-state index in [4.69, 9.17) is 10.00 Å². The van der Waals surface area contributed by atoms with Crippen molar-refractivity contribution in [2.75, 3.05) is 0 Å². The van der Waals surface area contributed by atoms with E-state index in [0.717, 1.165) is 17.9 Å². The van der Waals surface area contributed by atoms with Crippen LogP contribution in [0, 0.1) is 29.1 Å². The van der Waals surface area contributed by atoms with Gasteiger partial charge in [0, 0.05) is 6.08 Å². The monoisotopic (exact) mass is 361 g/mol. The molecule has 0 aromatic heterocycles. The molecule has 4 atom stereocenters. The highest BCUT2D eigenvalue weighted by Crippen LogP contribution is 2.37. The second-order valence-corrected chi connectivity index (χ2v) is 6.97. The first-order valence-corrected chi connectivity index (χ1v) is 8.06. The van der Waals surface area contributed by atoms with Gasteiger partial charge in [-0.1, -0.05) is 27.2 Å². The van der Waals surface area contributed by atoms with Gasteiger partial charge in [-0.25, -0.2) is 0 Å². The normalized spacial score (nSPS) is 31.2. The van der Waals surface area contributed by atoms with Crippen LogP contribution in [-0.4, -0.2) is 10.2 Å². The van der Waals surface area contributed by atoms with Gasteiger partial charge < -0.3 is 4.74 Å². The molecule has 0 aliphatic heterocycles. The second kappa shape index (κ2) is 7.49. The topological polar surface area (TPSA) is 33.0 Å². The van der Waals surface area contributed by atoms with Crippen molar-refractivity contribution >= 4 is 22.6 Å². The summed E-state index contributed by atoms with van der Waals surface area (Å²) in [6.45, 7) is 8.86. The van der Waals surface area contributed by atoms with E-state index in [-0.39, 0.29) is 4.11 Å². The molecule has 1 saturated carbocycles. The molecule has 2 nitrogen and oxygen atoms in total. The van der Waals surface area contributed by atoms with E-state index < -0.39 is 0 Å². The lowest BCUT2D eigenvalue weighted by molar-refractivity contribution is -0.0350. The Hall–Kier alpha value is -0.0800. The number of allylic oxidation sites excluding steroid dienone is 1. The number of alkyl halides is 1. The third kappa shape index (κ3) is 4.55. The van der Waals surface area contributed by atoms with Crippen LogP contribution < -0.4 is 0 Å². The molecule has 1 aliphatic carbocycles. The molecule has 1 aliphatic rings. The lowest BCUT2D eigenvalue weighted by Gasteiger charge is -2.38. The Bertz CT molecular complexity index is 332. The van der Waals surface area contributed by atoms with Gasteiger partial charge in [-0.2, -0.15) is 5.26 Å². The second-order valence-electron chi connectivity index (χ2n) is 5.83. The van der Waals surface area contributed by atoms with Crippen LogP contribution in [0.2, 0.25) is 0 Å². The van der Waals surface area contributed by atoms with E-state index in [9.17, 15) is 0 Å². The molecule has 0 saturated heterocycles. The van der Waals surface area contributed by atoms with Crippen molar-refractivity contribution in [2.45, 2.75) is 57.2 Å². The maximum Gasteiger partial charge on any atom is 0.130 e. The fourth-order valence-electron chi connectivity index (χ4n) is 2.70. The average molecular weight is 361 g/mol. The molecule has 0 radical (unpaired) electrons. The lowest BCUT2D eigenvalue weighted by atomic mass is 9.75. The van der Waals surface area contributed by atoms with Crippen LogP contribution in [0.25, 0.3) is 0 Å². The highest BCUT2D eigenvalue weighted by Gasteiger charge is 2.32. The quantitative estimate of drug-likeness (QED) is 0.413. The third-order valence-corrected chi connectivity index (χ3v) is 5.18. The molecular formula is C15H24INO. The fourth-order valence-corrected chi connectivity index (χ4v) is 3.26. The molecule has 0 spiro atoms. The molecule has 4 unspecified atom stereocenters. The van der Waals surface area contributed by atoms with E-state index in [0.29, 0.717) is 17.9 Å². The number of rotatable bonds is 4. The highest BCUT2D eigenvalue weighted by atomic mass is 127. The highest BCUT2D eigenvalue weighted by molar-refractivity contribution is 14.1. The first-order chi connectivity index (χ1) is 8.45. The molecule has 3 heteroatoms. The van der Waals surface area contributed by atoms with E-state index >= 15 is 0 Å². The summed E-state index contributed by atoms with van der Waals surface area (Å²) in [6, 6.07) is 2.08. The molecule has 1 fully saturated rings. The minimum Gasteiger partial charge on any atom is -0.360 e. The third-order valence-electron chi connectivity index (χ3n) is 3.91. The van der Waals surface area contributed by atoms with Gasteiger partial charge in [0.2, 0.25) is 0 Å². The number of nitrogens with zero attached hydrogens (tertiary/aromatic N) is 1. The number of hydrogen-bond donors (Lipinski definition) is 0. The van der Waals surface area contributed by atoms with Crippen LogP contribution >= 0.6 is 22.6 Å².